The zero-order valence-corrected chi connectivity index (χ0v) is 17.6. The van der Waals surface area contributed by atoms with Gasteiger partial charge in [-0.25, -0.2) is 8.42 Å². The highest BCUT2D eigenvalue weighted by Gasteiger charge is 2.24. The van der Waals surface area contributed by atoms with Crippen LogP contribution in [0.1, 0.15) is 11.1 Å². The highest BCUT2D eigenvalue weighted by molar-refractivity contribution is 7.92. The Kier molecular flexibility index (Phi) is 6.59. The molecule has 7 nitrogen and oxygen atoms in total. The number of nitrogens with zero attached hydrogens (tertiary/aromatic N) is 2. The molecule has 3 rings (SSSR count). The summed E-state index contributed by atoms with van der Waals surface area (Å²) in [4.78, 5) is 10.7. The van der Waals surface area contributed by atoms with Crippen LogP contribution in [-0.2, 0) is 23.2 Å². The molecular weight excluding hydrogens is 428 g/mol. The van der Waals surface area contributed by atoms with Gasteiger partial charge in [-0.2, -0.15) is 0 Å². The van der Waals surface area contributed by atoms with E-state index in [1.165, 1.54) is 18.2 Å². The van der Waals surface area contributed by atoms with E-state index in [1.807, 2.05) is 30.3 Å². The molecule has 0 saturated heterocycles. The first-order valence-electron chi connectivity index (χ1n) is 8.91. The molecule has 3 aromatic rings. The maximum atomic E-state index is 12.6. The molecular formula is C21H19ClN2O5S. The molecule has 0 atom stereocenters. The van der Waals surface area contributed by atoms with Gasteiger partial charge < -0.3 is 4.74 Å². The van der Waals surface area contributed by atoms with E-state index in [0.717, 1.165) is 16.1 Å². The molecule has 156 valence electrons. The Balaban J connectivity index is 2.00. The molecule has 0 fully saturated rings. The zero-order chi connectivity index (χ0) is 21.7. The first kappa shape index (κ1) is 21.6. The Morgan fingerprint density at radius 2 is 1.67 bits per heavy atom. The lowest BCUT2D eigenvalue weighted by atomic mass is 10.2. The molecule has 0 radical (unpaired) electrons. The summed E-state index contributed by atoms with van der Waals surface area (Å²) in [6.45, 7) is 0.156. The first-order valence-corrected chi connectivity index (χ1v) is 11.1. The minimum atomic E-state index is -3.71. The standard InChI is InChI=1S/C21H19ClN2O5S/c1-30(27,28)23(14-16-7-9-18(22)10-8-16)20-12-11-19(24(25)26)13-21(20)29-15-17-5-3-2-4-6-17/h2-13H,14-15H2,1H3. The SMILES string of the molecule is CS(=O)(=O)N(Cc1ccc(Cl)cc1)c1ccc([N+](=O)[O-])cc1OCc1ccccc1. The molecule has 0 saturated carbocycles. The van der Waals surface area contributed by atoms with E-state index in [0.29, 0.717) is 10.6 Å². The molecule has 0 aromatic heterocycles. The van der Waals surface area contributed by atoms with Crippen molar-refractivity contribution in [2.45, 2.75) is 13.2 Å². The van der Waals surface area contributed by atoms with E-state index in [-0.39, 0.29) is 30.3 Å². The number of benzene rings is 3. The van der Waals surface area contributed by atoms with Crippen molar-refractivity contribution in [2.75, 3.05) is 10.6 Å². The van der Waals surface area contributed by atoms with Gasteiger partial charge in [0.05, 0.1) is 29.5 Å². The van der Waals surface area contributed by atoms with Gasteiger partial charge in [0.15, 0.2) is 5.75 Å². The Labute approximate surface area is 179 Å². The van der Waals surface area contributed by atoms with Gasteiger partial charge >= 0.3 is 0 Å². The number of ether oxygens (including phenoxy) is 1. The van der Waals surface area contributed by atoms with Crippen LogP contribution in [0.4, 0.5) is 11.4 Å². The summed E-state index contributed by atoms with van der Waals surface area (Å²) in [5.41, 5.74) is 1.58. The number of rotatable bonds is 8. The van der Waals surface area contributed by atoms with Crippen molar-refractivity contribution in [3.63, 3.8) is 0 Å². The summed E-state index contributed by atoms with van der Waals surface area (Å²) in [6.07, 6.45) is 1.07. The van der Waals surface area contributed by atoms with Crippen LogP contribution in [0, 0.1) is 10.1 Å². The van der Waals surface area contributed by atoms with Crippen LogP contribution in [0.5, 0.6) is 5.75 Å². The number of anilines is 1. The lowest BCUT2D eigenvalue weighted by molar-refractivity contribution is -0.384. The number of non-ortho nitro benzene ring substituents is 1. The molecule has 0 unspecified atom stereocenters. The third kappa shape index (κ3) is 5.49. The fourth-order valence-electron chi connectivity index (χ4n) is 2.81. The van der Waals surface area contributed by atoms with E-state index in [2.05, 4.69) is 0 Å². The van der Waals surface area contributed by atoms with Crippen molar-refractivity contribution in [2.24, 2.45) is 0 Å². The first-order chi connectivity index (χ1) is 14.2. The largest absolute Gasteiger partial charge is 0.486 e. The van der Waals surface area contributed by atoms with Crippen LogP contribution in [-0.4, -0.2) is 19.6 Å². The predicted octanol–water partition coefficient (Wildman–Crippen LogP) is 4.79. The smallest absolute Gasteiger partial charge is 0.273 e. The summed E-state index contributed by atoms with van der Waals surface area (Å²) < 4.78 is 32.1. The van der Waals surface area contributed by atoms with E-state index in [1.54, 1.807) is 24.3 Å². The number of nitro benzene ring substituents is 1. The lowest BCUT2D eigenvalue weighted by Crippen LogP contribution is -2.29. The number of hydrogen-bond acceptors (Lipinski definition) is 5. The summed E-state index contributed by atoms with van der Waals surface area (Å²) in [6, 6.07) is 19.9. The fraction of sp³-hybridized carbons (Fsp3) is 0.143. The Morgan fingerprint density at radius 3 is 2.27 bits per heavy atom. The van der Waals surface area contributed by atoms with Gasteiger partial charge in [0.2, 0.25) is 10.0 Å². The second-order valence-electron chi connectivity index (χ2n) is 6.58. The average Bonchev–Trinajstić information content (AvgIpc) is 2.71. The normalized spacial score (nSPS) is 11.1. The Morgan fingerprint density at radius 1 is 1.00 bits per heavy atom. The van der Waals surface area contributed by atoms with Gasteiger partial charge in [-0.1, -0.05) is 54.1 Å². The molecule has 9 heteroatoms. The minimum absolute atomic E-state index is 0.0233. The maximum Gasteiger partial charge on any atom is 0.273 e. The highest BCUT2D eigenvalue weighted by atomic mass is 35.5. The van der Waals surface area contributed by atoms with Crippen LogP contribution in [0.25, 0.3) is 0 Å². The van der Waals surface area contributed by atoms with Crippen molar-refractivity contribution in [3.05, 3.63) is 99.1 Å². The molecule has 0 aliphatic rings. The van der Waals surface area contributed by atoms with Gasteiger partial charge in [-0.3, -0.25) is 14.4 Å². The fourth-order valence-corrected chi connectivity index (χ4v) is 3.83. The van der Waals surface area contributed by atoms with Crippen LogP contribution in [0.15, 0.2) is 72.8 Å². The zero-order valence-electron chi connectivity index (χ0n) is 16.1. The highest BCUT2D eigenvalue weighted by Crippen LogP contribution is 2.35. The summed E-state index contributed by atoms with van der Waals surface area (Å²) >= 11 is 5.91. The monoisotopic (exact) mass is 446 g/mol. The molecule has 0 aliphatic carbocycles. The van der Waals surface area contributed by atoms with Gasteiger partial charge in [0.1, 0.15) is 6.61 Å². The van der Waals surface area contributed by atoms with Crippen molar-refractivity contribution >= 4 is 33.0 Å². The molecule has 0 bridgehead atoms. The van der Waals surface area contributed by atoms with E-state index < -0.39 is 14.9 Å². The van der Waals surface area contributed by atoms with Crippen molar-refractivity contribution < 1.29 is 18.1 Å². The minimum Gasteiger partial charge on any atom is -0.486 e. The molecule has 0 aliphatic heterocycles. The quantitative estimate of drug-likeness (QED) is 0.366. The predicted molar refractivity (Wildman–Crippen MR) is 116 cm³/mol. The van der Waals surface area contributed by atoms with Gasteiger partial charge in [-0.05, 0) is 29.3 Å². The second-order valence-corrected chi connectivity index (χ2v) is 8.92. The van der Waals surface area contributed by atoms with Crippen LogP contribution >= 0.6 is 11.6 Å². The summed E-state index contributed by atoms with van der Waals surface area (Å²) in [7, 11) is -3.71. The third-order valence-electron chi connectivity index (χ3n) is 4.30. The van der Waals surface area contributed by atoms with Crippen molar-refractivity contribution in [3.8, 4) is 5.75 Å². The Hall–Kier alpha value is -3.10. The van der Waals surface area contributed by atoms with Gasteiger partial charge in [0, 0.05) is 11.1 Å². The van der Waals surface area contributed by atoms with Crippen molar-refractivity contribution in [1.82, 2.24) is 0 Å². The van der Waals surface area contributed by atoms with Gasteiger partial charge in [-0.15, -0.1) is 0 Å². The summed E-state index contributed by atoms with van der Waals surface area (Å²) in [5.74, 6) is 0.104. The van der Waals surface area contributed by atoms with Crippen LogP contribution in [0.3, 0.4) is 0 Å². The van der Waals surface area contributed by atoms with E-state index >= 15 is 0 Å². The maximum absolute atomic E-state index is 12.6. The van der Waals surface area contributed by atoms with Crippen LogP contribution in [0.2, 0.25) is 5.02 Å². The van der Waals surface area contributed by atoms with Crippen LogP contribution < -0.4 is 9.04 Å². The van der Waals surface area contributed by atoms with E-state index in [9.17, 15) is 18.5 Å². The lowest BCUT2D eigenvalue weighted by Gasteiger charge is -2.25. The number of halogens is 1. The topological polar surface area (TPSA) is 89.8 Å². The average molecular weight is 447 g/mol. The molecule has 0 spiro atoms. The molecule has 30 heavy (non-hydrogen) atoms. The van der Waals surface area contributed by atoms with Crippen molar-refractivity contribution in [1.29, 1.82) is 0 Å². The Bertz CT molecular complexity index is 1140. The summed E-state index contributed by atoms with van der Waals surface area (Å²) in [5, 5.41) is 11.8. The molecule has 0 amide bonds. The number of nitro groups is 1. The second kappa shape index (κ2) is 9.15. The number of sulfonamides is 1. The molecule has 3 aromatic carbocycles. The van der Waals surface area contributed by atoms with Gasteiger partial charge in [0.25, 0.3) is 5.69 Å². The van der Waals surface area contributed by atoms with E-state index in [4.69, 9.17) is 16.3 Å². The molecule has 0 heterocycles. The third-order valence-corrected chi connectivity index (χ3v) is 5.68. The molecule has 0 N–H and O–H groups in total. The number of hydrogen-bond donors (Lipinski definition) is 0.